The molecule has 0 spiro atoms. The molecule has 0 unspecified atom stereocenters. The lowest BCUT2D eigenvalue weighted by Crippen LogP contribution is -2.40. The van der Waals surface area contributed by atoms with E-state index in [-0.39, 0.29) is 18.4 Å². The van der Waals surface area contributed by atoms with E-state index in [0.29, 0.717) is 12.6 Å². The maximum atomic E-state index is 11.7. The van der Waals surface area contributed by atoms with Gasteiger partial charge in [0.05, 0.1) is 6.54 Å². The summed E-state index contributed by atoms with van der Waals surface area (Å²) in [6, 6.07) is 10.3. The highest BCUT2D eigenvalue weighted by Crippen LogP contribution is 2.25. The van der Waals surface area contributed by atoms with E-state index in [4.69, 9.17) is 0 Å². The first-order chi connectivity index (χ1) is 11.2. The minimum Gasteiger partial charge on any atom is -0.353 e. The summed E-state index contributed by atoms with van der Waals surface area (Å²) in [6.45, 7) is 4.65. The predicted octanol–water partition coefficient (Wildman–Crippen LogP) is 1.42. The summed E-state index contributed by atoms with van der Waals surface area (Å²) in [4.78, 5) is 25.7. The number of hydrogen-bond donors (Lipinski definition) is 2. The fourth-order valence-corrected chi connectivity index (χ4v) is 2.40. The van der Waals surface area contributed by atoms with Crippen LogP contribution in [0.4, 0.5) is 0 Å². The normalized spacial score (nSPS) is 14.2. The Bertz CT molecular complexity index is 538. The molecule has 2 amide bonds. The van der Waals surface area contributed by atoms with Crippen molar-refractivity contribution in [1.82, 2.24) is 15.5 Å². The Morgan fingerprint density at radius 1 is 1.22 bits per heavy atom. The zero-order valence-electron chi connectivity index (χ0n) is 13.6. The summed E-state index contributed by atoms with van der Waals surface area (Å²) in [6.07, 6.45) is 5.70. The summed E-state index contributed by atoms with van der Waals surface area (Å²) >= 11 is 0. The molecule has 1 aliphatic carbocycles. The van der Waals surface area contributed by atoms with Gasteiger partial charge in [-0.2, -0.15) is 0 Å². The second-order valence-electron chi connectivity index (χ2n) is 5.67. The smallest absolute Gasteiger partial charge is 0.244 e. The average molecular weight is 315 g/mol. The molecule has 0 atom stereocenters. The maximum Gasteiger partial charge on any atom is 0.244 e. The molecule has 5 nitrogen and oxygen atoms in total. The van der Waals surface area contributed by atoms with E-state index in [1.165, 1.54) is 18.9 Å². The van der Waals surface area contributed by atoms with Crippen molar-refractivity contribution >= 4 is 17.9 Å². The van der Waals surface area contributed by atoms with Crippen molar-refractivity contribution in [3.05, 3.63) is 42.0 Å². The van der Waals surface area contributed by atoms with Crippen LogP contribution in [-0.2, 0) is 9.59 Å². The molecule has 1 aromatic carbocycles. The number of benzene rings is 1. The Morgan fingerprint density at radius 2 is 1.96 bits per heavy atom. The largest absolute Gasteiger partial charge is 0.353 e. The van der Waals surface area contributed by atoms with Crippen LogP contribution in [0.5, 0.6) is 0 Å². The van der Waals surface area contributed by atoms with E-state index < -0.39 is 0 Å². The zero-order valence-corrected chi connectivity index (χ0v) is 13.6. The van der Waals surface area contributed by atoms with Crippen LogP contribution in [0.15, 0.2) is 36.4 Å². The van der Waals surface area contributed by atoms with Crippen LogP contribution in [-0.4, -0.2) is 48.9 Å². The number of amides is 2. The first-order valence-corrected chi connectivity index (χ1v) is 8.20. The summed E-state index contributed by atoms with van der Waals surface area (Å²) < 4.78 is 0. The summed E-state index contributed by atoms with van der Waals surface area (Å²) in [7, 11) is 0. The van der Waals surface area contributed by atoms with Gasteiger partial charge < -0.3 is 10.6 Å². The lowest BCUT2D eigenvalue weighted by atomic mass is 10.2. The quantitative estimate of drug-likeness (QED) is 0.678. The Kier molecular flexibility index (Phi) is 6.81. The Hall–Kier alpha value is -2.14. The number of rotatable bonds is 9. The number of likely N-dealkylation sites (N-methyl/N-ethyl adjacent to an activating group) is 1. The first kappa shape index (κ1) is 17.2. The van der Waals surface area contributed by atoms with Gasteiger partial charge in [-0.25, -0.2) is 0 Å². The molecule has 1 fully saturated rings. The zero-order chi connectivity index (χ0) is 16.5. The predicted molar refractivity (Wildman–Crippen MR) is 91.8 cm³/mol. The van der Waals surface area contributed by atoms with Gasteiger partial charge in [-0.1, -0.05) is 37.3 Å². The lowest BCUT2D eigenvalue weighted by Gasteiger charge is -2.19. The number of carbonyl (C=O) groups is 2. The summed E-state index contributed by atoms with van der Waals surface area (Å²) in [5.41, 5.74) is 0.951. The molecule has 0 radical (unpaired) electrons. The van der Waals surface area contributed by atoms with Crippen molar-refractivity contribution in [1.29, 1.82) is 0 Å². The third-order valence-electron chi connectivity index (χ3n) is 3.84. The molecule has 23 heavy (non-hydrogen) atoms. The second kappa shape index (κ2) is 9.10. The van der Waals surface area contributed by atoms with Crippen molar-refractivity contribution in [2.24, 2.45) is 0 Å². The Morgan fingerprint density at radius 3 is 2.61 bits per heavy atom. The van der Waals surface area contributed by atoms with Crippen LogP contribution in [0.25, 0.3) is 6.08 Å². The van der Waals surface area contributed by atoms with Crippen LogP contribution in [0.3, 0.4) is 0 Å². The molecule has 2 rings (SSSR count). The van der Waals surface area contributed by atoms with Crippen LogP contribution >= 0.6 is 0 Å². The van der Waals surface area contributed by atoms with Crippen LogP contribution in [0, 0.1) is 0 Å². The highest BCUT2D eigenvalue weighted by molar-refractivity contribution is 5.94. The molecule has 5 heteroatoms. The van der Waals surface area contributed by atoms with Gasteiger partial charge in [0, 0.05) is 25.2 Å². The van der Waals surface area contributed by atoms with Crippen molar-refractivity contribution in [2.75, 3.05) is 26.2 Å². The third kappa shape index (κ3) is 6.65. The Balaban J connectivity index is 1.60. The molecule has 0 bridgehead atoms. The van der Waals surface area contributed by atoms with Gasteiger partial charge in [-0.05, 0) is 31.0 Å². The van der Waals surface area contributed by atoms with E-state index in [9.17, 15) is 9.59 Å². The van der Waals surface area contributed by atoms with Crippen molar-refractivity contribution < 1.29 is 9.59 Å². The van der Waals surface area contributed by atoms with Crippen LogP contribution < -0.4 is 10.6 Å². The van der Waals surface area contributed by atoms with E-state index in [0.717, 1.165) is 18.7 Å². The number of nitrogens with one attached hydrogen (secondary N) is 2. The van der Waals surface area contributed by atoms with Gasteiger partial charge in [0.25, 0.3) is 0 Å². The van der Waals surface area contributed by atoms with E-state index in [1.807, 2.05) is 30.3 Å². The van der Waals surface area contributed by atoms with Crippen molar-refractivity contribution in [2.45, 2.75) is 25.8 Å². The second-order valence-corrected chi connectivity index (χ2v) is 5.67. The minimum absolute atomic E-state index is 0.00746. The van der Waals surface area contributed by atoms with E-state index >= 15 is 0 Å². The Labute approximate surface area is 137 Å². The fourth-order valence-electron chi connectivity index (χ4n) is 2.40. The number of carbonyl (C=O) groups excluding carboxylic acids is 2. The molecule has 1 aromatic rings. The molecular formula is C18H25N3O2. The molecule has 1 saturated carbocycles. The third-order valence-corrected chi connectivity index (χ3v) is 3.84. The molecule has 0 aromatic heterocycles. The summed E-state index contributed by atoms with van der Waals surface area (Å²) in [5.74, 6) is -0.421. The SMILES string of the molecule is CCN(CCNC(=O)CNC(=O)/C=C\c1ccccc1)C1CC1. The standard InChI is InChI=1S/C18H25N3O2/c1-2-21(16-9-10-16)13-12-19-18(23)14-20-17(22)11-8-15-6-4-3-5-7-15/h3-8,11,16H,2,9-10,12-14H2,1H3,(H,19,23)(H,20,22)/b11-8-. The van der Waals surface area contributed by atoms with E-state index in [1.54, 1.807) is 6.08 Å². The van der Waals surface area contributed by atoms with Crippen molar-refractivity contribution in [3.8, 4) is 0 Å². The molecule has 124 valence electrons. The first-order valence-electron chi connectivity index (χ1n) is 8.20. The van der Waals surface area contributed by atoms with Crippen molar-refractivity contribution in [3.63, 3.8) is 0 Å². The monoisotopic (exact) mass is 315 g/mol. The average Bonchev–Trinajstić information content (AvgIpc) is 3.41. The molecular weight excluding hydrogens is 290 g/mol. The van der Waals surface area contributed by atoms with Gasteiger partial charge in [0.15, 0.2) is 0 Å². The topological polar surface area (TPSA) is 61.4 Å². The van der Waals surface area contributed by atoms with Crippen LogP contribution in [0.1, 0.15) is 25.3 Å². The van der Waals surface area contributed by atoms with Gasteiger partial charge in [-0.3, -0.25) is 14.5 Å². The highest BCUT2D eigenvalue weighted by atomic mass is 16.2. The maximum absolute atomic E-state index is 11.7. The lowest BCUT2D eigenvalue weighted by molar-refractivity contribution is -0.123. The molecule has 0 saturated heterocycles. The highest BCUT2D eigenvalue weighted by Gasteiger charge is 2.27. The fraction of sp³-hybridized carbons (Fsp3) is 0.444. The van der Waals surface area contributed by atoms with E-state index in [2.05, 4.69) is 22.5 Å². The van der Waals surface area contributed by atoms with Gasteiger partial charge in [0.1, 0.15) is 0 Å². The van der Waals surface area contributed by atoms with Crippen LogP contribution in [0.2, 0.25) is 0 Å². The number of hydrogen-bond acceptors (Lipinski definition) is 3. The number of nitrogens with zero attached hydrogens (tertiary/aromatic N) is 1. The molecule has 0 aliphatic heterocycles. The summed E-state index contributed by atoms with van der Waals surface area (Å²) in [5, 5.41) is 5.43. The molecule has 2 N–H and O–H groups in total. The van der Waals surface area contributed by atoms with Gasteiger partial charge in [-0.15, -0.1) is 0 Å². The molecule has 0 heterocycles. The minimum atomic E-state index is -0.267. The van der Waals surface area contributed by atoms with Gasteiger partial charge in [0.2, 0.25) is 11.8 Å². The molecule has 1 aliphatic rings. The van der Waals surface area contributed by atoms with Gasteiger partial charge >= 0.3 is 0 Å².